The Kier molecular flexibility index (Phi) is 9.67. The van der Waals surface area contributed by atoms with Gasteiger partial charge in [0.05, 0.1) is 19.3 Å². The van der Waals surface area contributed by atoms with E-state index in [9.17, 15) is 19.3 Å². The Morgan fingerprint density at radius 1 is 1.26 bits per heavy atom. The summed E-state index contributed by atoms with van der Waals surface area (Å²) in [5.74, 6) is 0.497. The Labute approximate surface area is 203 Å². The molecule has 0 saturated carbocycles. The number of H-pyrrole nitrogens is 1. The lowest BCUT2D eigenvalue weighted by atomic mass is 10.2. The molecule has 34 heavy (non-hydrogen) atoms. The number of aryl methyl sites for hydroxylation is 1. The van der Waals surface area contributed by atoms with Crippen LogP contribution in [0.2, 0.25) is 0 Å². The smallest absolute Gasteiger partial charge is 0.390 e. The molecule has 1 saturated heterocycles. The van der Waals surface area contributed by atoms with Gasteiger partial charge in [0.2, 0.25) is 0 Å². The van der Waals surface area contributed by atoms with Crippen LogP contribution in [0.1, 0.15) is 36.6 Å². The maximum absolute atomic E-state index is 13.6. The van der Waals surface area contributed by atoms with Gasteiger partial charge in [0.25, 0.3) is 5.56 Å². The lowest BCUT2D eigenvalue weighted by Crippen LogP contribution is -2.33. The van der Waals surface area contributed by atoms with Crippen LogP contribution in [0.4, 0.5) is 0 Å². The summed E-state index contributed by atoms with van der Waals surface area (Å²) in [6.07, 6.45) is 0.367. The van der Waals surface area contributed by atoms with Crippen LogP contribution in [0.25, 0.3) is 0 Å². The number of alkyl halides is 1. The fourth-order valence-corrected chi connectivity index (χ4v) is 5.22. The summed E-state index contributed by atoms with van der Waals surface area (Å²) in [4.78, 5) is 26.0. The average Bonchev–Trinajstić information content (AvgIpc) is 3.19. The number of aromatic nitrogens is 2. The molecule has 0 radical (unpaired) electrons. The van der Waals surface area contributed by atoms with E-state index in [2.05, 4.69) is 4.98 Å². The molecule has 2 aromatic rings. The molecule has 188 valence electrons. The number of aromatic amines is 1. The van der Waals surface area contributed by atoms with Crippen molar-refractivity contribution in [1.29, 1.82) is 0 Å². The molecule has 0 amide bonds. The van der Waals surface area contributed by atoms with Crippen LogP contribution < -0.4 is 11.2 Å². The minimum Gasteiger partial charge on any atom is -0.390 e. The number of rotatable bonds is 12. The zero-order chi connectivity index (χ0) is 24.7. The number of nitrogens with zero attached hydrogens (tertiary/aromatic N) is 2. The van der Waals surface area contributed by atoms with Crippen molar-refractivity contribution < 1.29 is 23.5 Å². The fourth-order valence-electron chi connectivity index (χ4n) is 3.53. The molecule has 1 aliphatic rings. The summed E-state index contributed by atoms with van der Waals surface area (Å²) >= 11 is 5.76. The fraction of sp³-hybridized carbons (Fsp3) is 0.545. The molecule has 0 aliphatic carbocycles. The molecule has 4 atom stereocenters. The molecule has 2 heterocycles. The van der Waals surface area contributed by atoms with Gasteiger partial charge in [-0.2, -0.15) is 0 Å². The molecule has 0 bridgehead atoms. The van der Waals surface area contributed by atoms with E-state index in [4.69, 9.17) is 25.4 Å². The van der Waals surface area contributed by atoms with Gasteiger partial charge in [-0.15, -0.1) is 11.6 Å². The largest absolute Gasteiger partial charge is 0.408 e. The van der Waals surface area contributed by atoms with Crippen LogP contribution in [-0.4, -0.2) is 57.6 Å². The third-order valence-electron chi connectivity index (χ3n) is 5.58. The second-order valence-corrected chi connectivity index (χ2v) is 10.7. The van der Waals surface area contributed by atoms with Crippen molar-refractivity contribution in [3.63, 3.8) is 0 Å². The number of benzene rings is 1. The zero-order valence-electron chi connectivity index (χ0n) is 19.3. The predicted octanol–water partition coefficient (Wildman–Crippen LogP) is 2.79. The van der Waals surface area contributed by atoms with Crippen molar-refractivity contribution in [2.45, 2.75) is 51.2 Å². The number of ether oxygens (including phenoxy) is 1. The molecular weight excluding hydrogens is 485 g/mol. The molecule has 1 aromatic heterocycles. The maximum Gasteiger partial charge on any atom is 0.408 e. The topological polar surface area (TPSA) is 123 Å². The highest BCUT2D eigenvalue weighted by molar-refractivity contribution is 7.51. The van der Waals surface area contributed by atoms with Gasteiger partial charge in [-0.25, -0.2) is 14.0 Å². The highest BCUT2D eigenvalue weighted by Crippen LogP contribution is 2.52. The molecular formula is C22H31ClN3O7P. The van der Waals surface area contributed by atoms with E-state index in [1.807, 2.05) is 30.3 Å². The minimum absolute atomic E-state index is 0.0840. The first-order valence-corrected chi connectivity index (χ1v) is 13.1. The van der Waals surface area contributed by atoms with Gasteiger partial charge in [0, 0.05) is 30.6 Å². The van der Waals surface area contributed by atoms with Crippen LogP contribution in [0.15, 0.2) is 46.1 Å². The molecule has 0 spiro atoms. The van der Waals surface area contributed by atoms with Crippen LogP contribution >= 0.6 is 19.3 Å². The summed E-state index contributed by atoms with van der Waals surface area (Å²) in [5.41, 5.74) is 0.0685. The van der Waals surface area contributed by atoms with Crippen molar-refractivity contribution in [2.24, 2.45) is 0 Å². The number of hydrogen-bond acceptors (Lipinski definition) is 7. The zero-order valence-corrected chi connectivity index (χ0v) is 20.9. The number of unbranched alkanes of at least 4 members (excludes halogenated alkanes) is 1. The number of hydrogen-bond donors (Lipinski definition) is 2. The van der Waals surface area contributed by atoms with Crippen LogP contribution in [-0.2, 0) is 25.0 Å². The number of aliphatic hydroxyl groups is 1. The SMILES string of the molecule is Cc1cn([C@H]2C[C@H](O)[C@@H](COP(=O)(OCc3ccccc3)N(C)CCCCCl)O2)c(=O)[nH]c1=O. The first kappa shape index (κ1) is 26.8. The molecule has 1 aliphatic heterocycles. The predicted molar refractivity (Wildman–Crippen MR) is 128 cm³/mol. The van der Waals surface area contributed by atoms with Gasteiger partial charge in [-0.05, 0) is 32.4 Å². The van der Waals surface area contributed by atoms with Crippen LogP contribution in [0.5, 0.6) is 0 Å². The molecule has 10 nitrogen and oxygen atoms in total. The average molecular weight is 516 g/mol. The van der Waals surface area contributed by atoms with Gasteiger partial charge >= 0.3 is 13.4 Å². The van der Waals surface area contributed by atoms with E-state index in [-0.39, 0.29) is 19.6 Å². The summed E-state index contributed by atoms with van der Waals surface area (Å²) < 4.78 is 33.7. The Balaban J connectivity index is 1.68. The highest BCUT2D eigenvalue weighted by Gasteiger charge is 2.39. The maximum atomic E-state index is 13.6. The lowest BCUT2D eigenvalue weighted by molar-refractivity contribution is -0.0455. The molecule has 1 unspecified atom stereocenters. The van der Waals surface area contributed by atoms with Gasteiger partial charge in [0.1, 0.15) is 12.3 Å². The third-order valence-corrected chi connectivity index (χ3v) is 7.82. The van der Waals surface area contributed by atoms with Crippen LogP contribution in [0.3, 0.4) is 0 Å². The van der Waals surface area contributed by atoms with Crippen molar-refractivity contribution >= 4 is 19.3 Å². The van der Waals surface area contributed by atoms with Crippen molar-refractivity contribution in [1.82, 2.24) is 14.2 Å². The Bertz CT molecular complexity index is 1090. The molecule has 1 aromatic carbocycles. The van der Waals surface area contributed by atoms with Gasteiger partial charge < -0.3 is 9.84 Å². The number of aliphatic hydroxyl groups excluding tert-OH is 1. The third kappa shape index (κ3) is 6.88. The summed E-state index contributed by atoms with van der Waals surface area (Å²) in [5, 5.41) is 10.5. The van der Waals surface area contributed by atoms with Gasteiger partial charge in [-0.1, -0.05) is 30.3 Å². The second-order valence-electron chi connectivity index (χ2n) is 8.21. The highest BCUT2D eigenvalue weighted by atomic mass is 35.5. The molecule has 1 fully saturated rings. The quantitative estimate of drug-likeness (QED) is 0.251. The standard InChI is InChI=1S/C22H31ClN3O7P/c1-16-13-26(22(29)24-21(16)28)20-12-18(27)19(33-20)15-32-34(30,25(2)11-7-6-10-23)31-14-17-8-4-3-5-9-17/h3-5,8-9,13,18-20,27H,6-7,10-12,14-15H2,1-2H3,(H,24,28,29)/t18-,19+,20+,34?/m0/s1. The Morgan fingerprint density at radius 2 is 2.00 bits per heavy atom. The van der Waals surface area contributed by atoms with Crippen molar-refractivity contribution in [2.75, 3.05) is 26.1 Å². The summed E-state index contributed by atoms with van der Waals surface area (Å²) in [7, 11) is -2.08. The molecule has 3 rings (SSSR count). The van der Waals surface area contributed by atoms with Crippen LogP contribution in [0, 0.1) is 6.92 Å². The van der Waals surface area contributed by atoms with E-state index in [0.717, 1.165) is 12.0 Å². The number of nitrogens with one attached hydrogen (secondary N) is 1. The Hall–Kier alpha value is -1.78. The Morgan fingerprint density at radius 3 is 2.71 bits per heavy atom. The van der Waals surface area contributed by atoms with E-state index in [0.29, 0.717) is 24.4 Å². The summed E-state index contributed by atoms with van der Waals surface area (Å²) in [6.45, 7) is 1.89. The van der Waals surface area contributed by atoms with Gasteiger partial charge in [0.15, 0.2) is 0 Å². The second kappa shape index (κ2) is 12.3. The lowest BCUT2D eigenvalue weighted by Gasteiger charge is -2.28. The van der Waals surface area contributed by atoms with E-state index in [1.54, 1.807) is 14.0 Å². The van der Waals surface area contributed by atoms with E-state index < -0.39 is 37.4 Å². The van der Waals surface area contributed by atoms with E-state index >= 15 is 0 Å². The summed E-state index contributed by atoms with van der Waals surface area (Å²) in [6, 6.07) is 9.31. The number of halogens is 1. The van der Waals surface area contributed by atoms with E-state index in [1.165, 1.54) is 15.4 Å². The van der Waals surface area contributed by atoms with Gasteiger partial charge in [-0.3, -0.25) is 23.4 Å². The minimum atomic E-state index is -3.73. The normalized spacial score (nSPS) is 22.2. The first-order chi connectivity index (χ1) is 16.2. The molecule has 2 N–H and O–H groups in total. The first-order valence-electron chi connectivity index (χ1n) is 11.1. The van der Waals surface area contributed by atoms with Crippen molar-refractivity contribution in [3.05, 3.63) is 68.5 Å². The van der Waals surface area contributed by atoms with Crippen molar-refractivity contribution in [3.8, 4) is 0 Å². The monoisotopic (exact) mass is 515 g/mol. The molecule has 12 heteroatoms.